The van der Waals surface area contributed by atoms with E-state index in [0.29, 0.717) is 23.3 Å². The molecule has 1 amide bonds. The molecule has 1 aromatic heterocycles. The minimum atomic E-state index is -0.322. The number of fused-ring (bicyclic) bond motifs is 1. The molecule has 7 nitrogen and oxygen atoms in total. The number of hydrogen-bond acceptors (Lipinski definition) is 5. The molecule has 0 aliphatic rings. The molecule has 0 N–H and O–H groups in total. The molecular formula is C22H25N3O4. The van der Waals surface area contributed by atoms with Crippen LogP contribution in [0.5, 0.6) is 11.6 Å². The van der Waals surface area contributed by atoms with Crippen molar-refractivity contribution in [3.63, 3.8) is 0 Å². The van der Waals surface area contributed by atoms with Crippen LogP contribution in [0.4, 0.5) is 0 Å². The van der Waals surface area contributed by atoms with Crippen molar-refractivity contribution < 1.29 is 14.3 Å². The fourth-order valence-electron chi connectivity index (χ4n) is 3.15. The number of carbonyl (C=O) groups is 1. The molecule has 1 atom stereocenters. The maximum absolute atomic E-state index is 12.8. The lowest BCUT2D eigenvalue weighted by Gasteiger charge is -2.25. The molecule has 29 heavy (non-hydrogen) atoms. The average molecular weight is 395 g/mol. The Morgan fingerprint density at radius 3 is 2.41 bits per heavy atom. The van der Waals surface area contributed by atoms with E-state index in [1.165, 1.54) is 7.11 Å². The summed E-state index contributed by atoms with van der Waals surface area (Å²) in [6.45, 7) is 4.30. The highest BCUT2D eigenvalue weighted by molar-refractivity contribution is 5.86. The summed E-state index contributed by atoms with van der Waals surface area (Å²) in [7, 11) is 3.21. The molecule has 3 rings (SSSR count). The zero-order chi connectivity index (χ0) is 21.0. The first-order valence-corrected chi connectivity index (χ1v) is 9.48. The van der Waals surface area contributed by atoms with Crippen molar-refractivity contribution in [2.24, 2.45) is 0 Å². The van der Waals surface area contributed by atoms with Crippen molar-refractivity contribution in [3.05, 3.63) is 64.4 Å². The molecule has 152 valence electrons. The Bertz CT molecular complexity index is 1060. The van der Waals surface area contributed by atoms with Gasteiger partial charge in [0.2, 0.25) is 11.8 Å². The predicted octanol–water partition coefficient (Wildman–Crippen LogP) is 3.02. The SMILES string of the molecule is CCOc1ccc([C@@H](C)N(C)C(=O)Cn2nc(OC)c3ccccc3c2=O)cc1. The van der Waals surface area contributed by atoms with Gasteiger partial charge in [0.15, 0.2) is 0 Å². The summed E-state index contributed by atoms with van der Waals surface area (Å²) in [5.41, 5.74) is 0.651. The van der Waals surface area contributed by atoms with E-state index in [0.717, 1.165) is 16.0 Å². The van der Waals surface area contributed by atoms with Gasteiger partial charge >= 0.3 is 0 Å². The summed E-state index contributed by atoms with van der Waals surface area (Å²) >= 11 is 0. The van der Waals surface area contributed by atoms with Crippen LogP contribution in [0.2, 0.25) is 0 Å². The summed E-state index contributed by atoms with van der Waals surface area (Å²) in [4.78, 5) is 27.2. The zero-order valence-corrected chi connectivity index (χ0v) is 17.1. The van der Waals surface area contributed by atoms with E-state index < -0.39 is 0 Å². The van der Waals surface area contributed by atoms with Crippen LogP contribution in [0.1, 0.15) is 25.5 Å². The Hall–Kier alpha value is -3.35. The van der Waals surface area contributed by atoms with Gasteiger partial charge in [-0.25, -0.2) is 4.68 Å². The average Bonchev–Trinajstić information content (AvgIpc) is 2.75. The van der Waals surface area contributed by atoms with E-state index in [1.807, 2.05) is 44.2 Å². The highest BCUT2D eigenvalue weighted by Gasteiger charge is 2.20. The molecule has 0 bridgehead atoms. The summed E-state index contributed by atoms with van der Waals surface area (Å²) in [5.74, 6) is 0.880. The molecule has 0 saturated carbocycles. The Labute approximate surface area is 169 Å². The summed E-state index contributed by atoms with van der Waals surface area (Å²) < 4.78 is 11.9. The largest absolute Gasteiger partial charge is 0.494 e. The van der Waals surface area contributed by atoms with E-state index in [2.05, 4.69) is 5.10 Å². The molecule has 3 aromatic rings. The van der Waals surface area contributed by atoms with Crippen LogP contribution < -0.4 is 15.0 Å². The van der Waals surface area contributed by atoms with E-state index >= 15 is 0 Å². The molecule has 7 heteroatoms. The number of aromatic nitrogens is 2. The van der Waals surface area contributed by atoms with Crippen LogP contribution in [-0.4, -0.2) is 41.4 Å². The third kappa shape index (κ3) is 4.23. The first kappa shape index (κ1) is 20.4. The number of hydrogen-bond donors (Lipinski definition) is 0. The normalized spacial score (nSPS) is 11.9. The van der Waals surface area contributed by atoms with Crippen LogP contribution in [0.25, 0.3) is 10.8 Å². The Morgan fingerprint density at radius 2 is 1.79 bits per heavy atom. The van der Waals surface area contributed by atoms with Crippen LogP contribution in [0, 0.1) is 0 Å². The monoisotopic (exact) mass is 395 g/mol. The van der Waals surface area contributed by atoms with E-state index in [9.17, 15) is 9.59 Å². The number of ether oxygens (including phenoxy) is 2. The van der Waals surface area contributed by atoms with Crippen molar-refractivity contribution in [2.45, 2.75) is 26.4 Å². The third-order valence-corrected chi connectivity index (χ3v) is 4.96. The van der Waals surface area contributed by atoms with Crippen LogP contribution in [-0.2, 0) is 11.3 Å². The zero-order valence-electron chi connectivity index (χ0n) is 17.1. The number of carbonyl (C=O) groups excluding carboxylic acids is 1. The third-order valence-electron chi connectivity index (χ3n) is 4.96. The number of methoxy groups -OCH3 is 1. The van der Waals surface area contributed by atoms with Crippen molar-refractivity contribution >= 4 is 16.7 Å². The van der Waals surface area contributed by atoms with Gasteiger partial charge in [-0.2, -0.15) is 0 Å². The first-order chi connectivity index (χ1) is 14.0. The molecule has 2 aromatic carbocycles. The van der Waals surface area contributed by atoms with Gasteiger partial charge in [0.25, 0.3) is 5.56 Å². The smallest absolute Gasteiger partial charge is 0.275 e. The summed E-state index contributed by atoms with van der Waals surface area (Å²) in [6, 6.07) is 14.5. The minimum absolute atomic E-state index is 0.169. The fourth-order valence-corrected chi connectivity index (χ4v) is 3.15. The highest BCUT2D eigenvalue weighted by Crippen LogP contribution is 2.23. The van der Waals surface area contributed by atoms with Crippen molar-refractivity contribution in [3.8, 4) is 11.6 Å². The van der Waals surface area contributed by atoms with Gasteiger partial charge < -0.3 is 14.4 Å². The lowest BCUT2D eigenvalue weighted by atomic mass is 10.1. The van der Waals surface area contributed by atoms with E-state index in [-0.39, 0.29) is 24.1 Å². The van der Waals surface area contributed by atoms with Gasteiger partial charge in [-0.05, 0) is 43.7 Å². The summed E-state index contributed by atoms with van der Waals surface area (Å²) in [6.07, 6.45) is 0. The van der Waals surface area contributed by atoms with Gasteiger partial charge in [0, 0.05) is 7.05 Å². The van der Waals surface area contributed by atoms with E-state index in [4.69, 9.17) is 9.47 Å². The number of nitrogens with zero attached hydrogens (tertiary/aromatic N) is 3. The molecule has 1 heterocycles. The quantitative estimate of drug-likeness (QED) is 0.615. The number of benzene rings is 2. The molecule has 0 spiro atoms. The van der Waals surface area contributed by atoms with Crippen LogP contribution >= 0.6 is 0 Å². The standard InChI is InChI=1S/C22H25N3O4/c1-5-29-17-12-10-16(11-13-17)15(2)24(3)20(26)14-25-22(27)19-9-7-6-8-18(19)21(23-25)28-4/h6-13,15H,5,14H2,1-4H3/t15-/m1/s1. The number of amides is 1. The molecule has 0 aliphatic heterocycles. The number of rotatable bonds is 7. The second-order valence-corrected chi connectivity index (χ2v) is 6.70. The minimum Gasteiger partial charge on any atom is -0.494 e. The van der Waals surface area contributed by atoms with Crippen LogP contribution in [0.3, 0.4) is 0 Å². The molecule has 0 aliphatic carbocycles. The Kier molecular flexibility index (Phi) is 6.16. The summed E-state index contributed by atoms with van der Waals surface area (Å²) in [5, 5.41) is 5.32. The molecular weight excluding hydrogens is 370 g/mol. The molecule has 0 unspecified atom stereocenters. The van der Waals surface area contributed by atoms with Crippen molar-refractivity contribution in [2.75, 3.05) is 20.8 Å². The predicted molar refractivity (Wildman–Crippen MR) is 111 cm³/mol. The van der Waals surface area contributed by atoms with Gasteiger partial charge in [-0.1, -0.05) is 24.3 Å². The second kappa shape index (κ2) is 8.77. The maximum atomic E-state index is 12.8. The first-order valence-electron chi connectivity index (χ1n) is 9.48. The van der Waals surface area contributed by atoms with Crippen molar-refractivity contribution in [1.82, 2.24) is 14.7 Å². The van der Waals surface area contributed by atoms with E-state index in [1.54, 1.807) is 30.1 Å². The Morgan fingerprint density at radius 1 is 1.14 bits per heavy atom. The molecule has 0 saturated heterocycles. The van der Waals surface area contributed by atoms with Gasteiger partial charge in [-0.15, -0.1) is 5.10 Å². The lowest BCUT2D eigenvalue weighted by Crippen LogP contribution is -2.36. The second-order valence-electron chi connectivity index (χ2n) is 6.70. The molecule has 0 fully saturated rings. The maximum Gasteiger partial charge on any atom is 0.275 e. The fraction of sp³-hybridized carbons (Fsp3) is 0.318. The van der Waals surface area contributed by atoms with Gasteiger partial charge in [-0.3, -0.25) is 9.59 Å². The van der Waals surface area contributed by atoms with Crippen LogP contribution in [0.15, 0.2) is 53.3 Å². The highest BCUT2D eigenvalue weighted by atomic mass is 16.5. The number of likely N-dealkylation sites (N-methyl/N-ethyl adjacent to an activating group) is 1. The topological polar surface area (TPSA) is 73.7 Å². The van der Waals surface area contributed by atoms with Gasteiger partial charge in [0.05, 0.1) is 30.5 Å². The lowest BCUT2D eigenvalue weighted by molar-refractivity contribution is -0.132. The van der Waals surface area contributed by atoms with Crippen molar-refractivity contribution in [1.29, 1.82) is 0 Å². The van der Waals surface area contributed by atoms with Gasteiger partial charge in [0.1, 0.15) is 12.3 Å². The Balaban J connectivity index is 1.82. The molecule has 0 radical (unpaired) electrons.